The third kappa shape index (κ3) is 6.14. The van der Waals surface area contributed by atoms with Crippen molar-refractivity contribution in [2.75, 3.05) is 5.32 Å². The molecule has 3 fully saturated rings. The minimum atomic E-state index is -0.814. The van der Waals surface area contributed by atoms with Crippen molar-refractivity contribution >= 4 is 40.8 Å². The zero-order valence-corrected chi connectivity index (χ0v) is 25.5. The van der Waals surface area contributed by atoms with Crippen molar-refractivity contribution in [2.24, 2.45) is 11.1 Å². The average Bonchev–Trinajstić information content (AvgIpc) is 2.99. The Morgan fingerprint density at radius 1 is 0.955 bits per heavy atom. The summed E-state index contributed by atoms with van der Waals surface area (Å²) in [5.41, 5.74) is 10.0. The van der Waals surface area contributed by atoms with Crippen LogP contribution in [0, 0.1) is 12.3 Å². The normalized spacial score (nSPS) is 23.8. The van der Waals surface area contributed by atoms with Crippen molar-refractivity contribution in [1.82, 2.24) is 10.2 Å². The molecule has 8 nitrogen and oxygen atoms in total. The molecule has 0 spiro atoms. The predicted molar refractivity (Wildman–Crippen MR) is 169 cm³/mol. The van der Waals surface area contributed by atoms with Gasteiger partial charge in [0, 0.05) is 47.6 Å². The lowest BCUT2D eigenvalue weighted by Gasteiger charge is -2.70. The van der Waals surface area contributed by atoms with Gasteiger partial charge in [0.05, 0.1) is 0 Å². The molecule has 7 rings (SSSR count). The van der Waals surface area contributed by atoms with Gasteiger partial charge in [-0.05, 0) is 72.9 Å². The summed E-state index contributed by atoms with van der Waals surface area (Å²) in [6, 6.07) is 20.3. The van der Waals surface area contributed by atoms with Crippen molar-refractivity contribution in [1.29, 1.82) is 0 Å². The number of hydrogen-bond acceptors (Lipinski definition) is 5. The number of hydrogen-bond donors (Lipinski definition) is 3. The molecule has 44 heavy (non-hydrogen) atoms. The number of carbonyl (C=O) groups excluding carboxylic acids is 4. The highest BCUT2D eigenvalue weighted by Gasteiger charge is 2.66. The fourth-order valence-corrected chi connectivity index (χ4v) is 7.43. The van der Waals surface area contributed by atoms with Crippen molar-refractivity contribution in [3.63, 3.8) is 0 Å². The van der Waals surface area contributed by atoms with E-state index in [2.05, 4.69) is 10.6 Å². The summed E-state index contributed by atoms with van der Waals surface area (Å²) in [5, 5.41) is 6.57. The van der Waals surface area contributed by atoms with E-state index in [9.17, 15) is 19.2 Å². The van der Waals surface area contributed by atoms with Crippen LogP contribution < -0.4 is 16.4 Å². The first-order valence-corrected chi connectivity index (χ1v) is 15.5. The van der Waals surface area contributed by atoms with Crippen molar-refractivity contribution in [3.05, 3.63) is 100 Å². The lowest BCUT2D eigenvalue weighted by atomic mass is 9.38. The largest absolute Gasteiger partial charge is 0.342 e. The maximum Gasteiger partial charge on any atom is 0.246 e. The molecular weight excluding hydrogens is 576 g/mol. The first kappa shape index (κ1) is 30.0. The van der Waals surface area contributed by atoms with Crippen LogP contribution in [0.15, 0.2) is 72.8 Å². The molecule has 0 radical (unpaired) electrons. The maximum atomic E-state index is 14.0. The van der Waals surface area contributed by atoms with Gasteiger partial charge >= 0.3 is 0 Å². The molecule has 3 amide bonds. The number of halogens is 1. The minimum absolute atomic E-state index is 0.0127. The molecule has 3 saturated carbocycles. The topological polar surface area (TPSA) is 122 Å². The van der Waals surface area contributed by atoms with Crippen molar-refractivity contribution in [2.45, 2.75) is 76.0 Å². The van der Waals surface area contributed by atoms with E-state index in [0.29, 0.717) is 29.1 Å². The second-order valence-electron chi connectivity index (χ2n) is 12.9. The SMILES string of the molecule is Cc1cc(NC(=O)C(CC23CC(N)(C2)C3)NC(=O)[C@@H]2Cc3ccccc3CN2C(=O)CCC(=O)c2ccccc2)ccc1Cl. The summed E-state index contributed by atoms with van der Waals surface area (Å²) in [7, 11) is 0. The molecule has 1 heterocycles. The third-order valence-corrected chi connectivity index (χ3v) is 9.83. The smallest absolute Gasteiger partial charge is 0.246 e. The number of nitrogens with two attached hydrogens (primary N) is 1. The maximum absolute atomic E-state index is 14.0. The van der Waals surface area contributed by atoms with E-state index in [1.807, 2.05) is 37.3 Å². The average molecular weight is 613 g/mol. The third-order valence-electron chi connectivity index (χ3n) is 9.41. The quantitative estimate of drug-likeness (QED) is 0.280. The highest BCUT2D eigenvalue weighted by Crippen LogP contribution is 2.68. The van der Waals surface area contributed by atoms with Gasteiger partial charge in [0.25, 0.3) is 0 Å². The number of nitrogens with one attached hydrogen (secondary N) is 2. The van der Waals surface area contributed by atoms with E-state index in [1.165, 1.54) is 0 Å². The summed E-state index contributed by atoms with van der Waals surface area (Å²) in [6.07, 6.45) is 3.32. The zero-order chi connectivity index (χ0) is 31.1. The van der Waals surface area contributed by atoms with Crippen LogP contribution in [0.3, 0.4) is 0 Å². The van der Waals surface area contributed by atoms with Crippen LogP contribution in [0.5, 0.6) is 0 Å². The van der Waals surface area contributed by atoms with Crippen molar-refractivity contribution < 1.29 is 19.2 Å². The number of anilines is 1. The van der Waals surface area contributed by atoms with Crippen LogP contribution in [-0.4, -0.2) is 46.0 Å². The summed E-state index contributed by atoms with van der Waals surface area (Å²) in [4.78, 5) is 55.6. The number of ketones is 1. The Morgan fingerprint density at radius 2 is 1.64 bits per heavy atom. The molecule has 1 aliphatic heterocycles. The molecule has 0 aromatic heterocycles. The molecule has 3 aromatic rings. The van der Waals surface area contributed by atoms with Crippen LogP contribution in [0.4, 0.5) is 5.69 Å². The Bertz CT molecular complexity index is 1600. The number of benzene rings is 3. The predicted octanol–water partition coefficient (Wildman–Crippen LogP) is 4.96. The van der Waals surface area contributed by atoms with Crippen LogP contribution in [0.25, 0.3) is 0 Å². The van der Waals surface area contributed by atoms with E-state index >= 15 is 0 Å². The Hall–Kier alpha value is -4.01. The van der Waals surface area contributed by atoms with Gasteiger partial charge in [-0.15, -0.1) is 0 Å². The molecular formula is C35H37ClN4O4. The summed E-state index contributed by atoms with van der Waals surface area (Å²) < 4.78 is 0. The van der Waals surface area contributed by atoms with E-state index in [-0.39, 0.29) is 53.8 Å². The van der Waals surface area contributed by atoms with Gasteiger partial charge in [0.15, 0.2) is 5.78 Å². The Balaban J connectivity index is 1.20. The monoisotopic (exact) mass is 612 g/mol. The van der Waals surface area contributed by atoms with Crippen LogP contribution >= 0.6 is 11.6 Å². The number of carbonyl (C=O) groups is 4. The number of fused-ring (bicyclic) bond motifs is 1. The molecule has 228 valence electrons. The van der Waals surface area contributed by atoms with Gasteiger partial charge in [-0.2, -0.15) is 0 Å². The highest BCUT2D eigenvalue weighted by atomic mass is 35.5. The molecule has 4 N–H and O–H groups in total. The van der Waals surface area contributed by atoms with Gasteiger partial charge in [-0.3, -0.25) is 19.2 Å². The second kappa shape index (κ2) is 11.8. The fourth-order valence-electron chi connectivity index (χ4n) is 7.32. The summed E-state index contributed by atoms with van der Waals surface area (Å²) in [5.74, 6) is -1.10. The van der Waals surface area contributed by atoms with Gasteiger partial charge in [-0.1, -0.05) is 66.2 Å². The number of aryl methyl sites for hydroxylation is 1. The highest BCUT2D eigenvalue weighted by molar-refractivity contribution is 6.31. The Labute approximate surface area is 262 Å². The van der Waals surface area contributed by atoms with Gasteiger partial charge in [0.1, 0.15) is 12.1 Å². The molecule has 2 bridgehead atoms. The number of amides is 3. The molecule has 9 heteroatoms. The first-order valence-electron chi connectivity index (χ1n) is 15.1. The van der Waals surface area contributed by atoms with E-state index < -0.39 is 12.1 Å². The zero-order valence-electron chi connectivity index (χ0n) is 24.8. The standard InChI is InChI=1S/C35H37ClN4O4/c1-22-15-26(11-12-27(22)36)38-32(43)28(17-34-19-35(37,20-34)21-34)39-33(44)29-16-24-9-5-6-10-25(24)18-40(29)31(42)14-13-30(41)23-7-3-2-4-8-23/h2-12,15,28-29H,13-14,16-21,37H2,1H3,(H,38,43)(H,39,44)/t28?,29-,34?,35?/m0/s1. The number of Topliss-reactive ketones (excluding diaryl/α,β-unsaturated/α-hetero) is 1. The molecule has 3 aromatic carbocycles. The Kier molecular flexibility index (Phi) is 8.07. The molecule has 1 unspecified atom stereocenters. The van der Waals surface area contributed by atoms with Crippen LogP contribution in [0.1, 0.15) is 65.6 Å². The number of nitrogens with zero attached hydrogens (tertiary/aromatic N) is 1. The lowest BCUT2D eigenvalue weighted by Crippen LogP contribution is -2.73. The molecule has 3 aliphatic carbocycles. The molecule has 4 aliphatic rings. The van der Waals surface area contributed by atoms with Crippen LogP contribution in [0.2, 0.25) is 5.02 Å². The second-order valence-corrected chi connectivity index (χ2v) is 13.3. The van der Waals surface area contributed by atoms with Gasteiger partial charge in [-0.25, -0.2) is 0 Å². The first-order chi connectivity index (χ1) is 21.0. The molecule has 2 atom stereocenters. The van der Waals surface area contributed by atoms with Crippen LogP contribution in [-0.2, 0) is 27.3 Å². The minimum Gasteiger partial charge on any atom is -0.342 e. The lowest BCUT2D eigenvalue weighted by molar-refractivity contribution is -0.151. The number of rotatable bonds is 10. The molecule has 0 saturated heterocycles. The Morgan fingerprint density at radius 3 is 2.32 bits per heavy atom. The van der Waals surface area contributed by atoms with E-state index in [0.717, 1.165) is 36.0 Å². The van der Waals surface area contributed by atoms with Crippen molar-refractivity contribution in [3.8, 4) is 0 Å². The fraction of sp³-hybridized carbons (Fsp3) is 0.371. The summed E-state index contributed by atoms with van der Waals surface area (Å²) in [6.45, 7) is 2.12. The van der Waals surface area contributed by atoms with E-state index in [4.69, 9.17) is 17.3 Å². The van der Waals surface area contributed by atoms with Gasteiger partial charge < -0.3 is 21.3 Å². The summed E-state index contributed by atoms with van der Waals surface area (Å²) >= 11 is 6.18. The van der Waals surface area contributed by atoms with E-state index in [1.54, 1.807) is 47.4 Å². The van der Waals surface area contributed by atoms with Gasteiger partial charge in [0.2, 0.25) is 17.7 Å².